The minimum absolute atomic E-state index is 0. The number of fused-ring (bicyclic) bond motifs is 4. The van der Waals surface area contributed by atoms with Gasteiger partial charge in [0.2, 0.25) is 0 Å². The van der Waals surface area contributed by atoms with Gasteiger partial charge in [0.1, 0.15) is 11.6 Å². The van der Waals surface area contributed by atoms with Crippen LogP contribution in [0.15, 0.2) is 134 Å². The van der Waals surface area contributed by atoms with E-state index in [1.807, 2.05) is 24.4 Å². The van der Waals surface area contributed by atoms with Crippen LogP contribution in [0.25, 0.3) is 83.4 Å². The van der Waals surface area contributed by atoms with Gasteiger partial charge in [-0.1, -0.05) is 140 Å². The molecule has 0 fully saturated rings. The van der Waals surface area contributed by atoms with Gasteiger partial charge in [-0.3, -0.25) is 9.55 Å². The first-order chi connectivity index (χ1) is 28.0. The van der Waals surface area contributed by atoms with Gasteiger partial charge in [0, 0.05) is 60.4 Å². The summed E-state index contributed by atoms with van der Waals surface area (Å²) >= 11 is 0. The number of phenols is 1. The predicted molar refractivity (Wildman–Crippen MR) is 247 cm³/mol. The van der Waals surface area contributed by atoms with Crippen LogP contribution in [0.3, 0.4) is 0 Å². The molecule has 5 nitrogen and oxygen atoms in total. The van der Waals surface area contributed by atoms with E-state index in [0.717, 1.165) is 61.3 Å². The molecule has 3 heterocycles. The van der Waals surface area contributed by atoms with Gasteiger partial charge in [-0.15, -0.1) is 29.3 Å². The topological polar surface area (TPSA) is 66.7 Å². The van der Waals surface area contributed by atoms with Crippen molar-refractivity contribution in [2.24, 2.45) is 0 Å². The molecule has 2 N–H and O–H groups in total. The third-order valence-corrected chi connectivity index (χ3v) is 11.6. The van der Waals surface area contributed by atoms with Crippen molar-refractivity contribution >= 4 is 32.8 Å². The third kappa shape index (κ3) is 7.39. The van der Waals surface area contributed by atoms with Crippen LogP contribution >= 0.6 is 0 Å². The molecule has 9 aromatic rings. The van der Waals surface area contributed by atoms with E-state index in [-0.39, 0.29) is 43.1 Å². The van der Waals surface area contributed by atoms with Crippen molar-refractivity contribution in [3.8, 4) is 56.3 Å². The van der Waals surface area contributed by atoms with Crippen molar-refractivity contribution in [2.45, 2.75) is 78.6 Å². The number of aromatic amines is 1. The monoisotopic (exact) mass is 966 g/mol. The number of pyridine rings is 1. The standard InChI is InChI=1S/C54H51N4O.Pt/c1-52(2,3)36-27-34(26-35(28-36)46-29-33(24-25-55-46)40-18-14-21-45-49(40)42-16-10-12-20-44(42)56-45)41-19-15-22-47-50(41)57-51(43-17-11-13-23-48(43)59)58(47)39-31-37(53(4,5)6)30-38(32-39)54(7,8)9;/h10-25,27-32,56,59H,1-9H3;/q-1;. The fourth-order valence-corrected chi connectivity index (χ4v) is 8.20. The van der Waals surface area contributed by atoms with Crippen LogP contribution in [0.5, 0.6) is 5.75 Å². The van der Waals surface area contributed by atoms with Gasteiger partial charge in [0.25, 0.3) is 0 Å². The number of nitrogens with zero attached hydrogens (tertiary/aromatic N) is 3. The van der Waals surface area contributed by atoms with E-state index in [0.29, 0.717) is 11.4 Å². The van der Waals surface area contributed by atoms with Crippen molar-refractivity contribution in [2.75, 3.05) is 0 Å². The maximum Gasteiger partial charge on any atom is 0.148 e. The zero-order valence-electron chi connectivity index (χ0n) is 35.8. The molecule has 0 saturated heterocycles. The summed E-state index contributed by atoms with van der Waals surface area (Å²) < 4.78 is 2.23. The maximum atomic E-state index is 11.3. The first-order valence-electron chi connectivity index (χ1n) is 20.6. The van der Waals surface area contributed by atoms with E-state index < -0.39 is 0 Å². The van der Waals surface area contributed by atoms with Crippen molar-refractivity contribution in [3.63, 3.8) is 0 Å². The molecule has 3 aromatic heterocycles. The summed E-state index contributed by atoms with van der Waals surface area (Å²) in [6.07, 6.45) is 1.91. The molecule has 304 valence electrons. The van der Waals surface area contributed by atoms with Gasteiger partial charge in [-0.05, 0) is 87.0 Å². The minimum atomic E-state index is -0.156. The Labute approximate surface area is 367 Å². The summed E-state index contributed by atoms with van der Waals surface area (Å²) in [7, 11) is 0. The van der Waals surface area contributed by atoms with Crippen molar-refractivity contribution in [1.82, 2.24) is 19.5 Å². The predicted octanol–water partition coefficient (Wildman–Crippen LogP) is 14.1. The Hall–Kier alpha value is -5.77. The molecule has 0 unspecified atom stereocenters. The summed E-state index contributed by atoms with van der Waals surface area (Å²) in [5.74, 6) is 0.871. The molecule has 0 radical (unpaired) electrons. The Bertz CT molecular complexity index is 3040. The van der Waals surface area contributed by atoms with E-state index in [4.69, 9.17) is 9.97 Å². The molecular formula is C54H51N4OPt-. The van der Waals surface area contributed by atoms with Crippen LogP contribution in [-0.4, -0.2) is 24.6 Å². The summed E-state index contributed by atoms with van der Waals surface area (Å²) in [5, 5.41) is 13.7. The van der Waals surface area contributed by atoms with E-state index in [2.05, 4.69) is 181 Å². The second kappa shape index (κ2) is 15.0. The number of aromatic nitrogens is 4. The molecule has 0 amide bonds. The van der Waals surface area contributed by atoms with E-state index in [9.17, 15) is 5.11 Å². The van der Waals surface area contributed by atoms with Gasteiger partial charge in [0.05, 0.1) is 16.6 Å². The van der Waals surface area contributed by atoms with Gasteiger partial charge in [0.15, 0.2) is 0 Å². The summed E-state index contributed by atoms with van der Waals surface area (Å²) in [4.78, 5) is 14.0. The molecule has 0 saturated carbocycles. The van der Waals surface area contributed by atoms with E-state index in [1.54, 1.807) is 6.07 Å². The molecule has 0 bridgehead atoms. The fourth-order valence-electron chi connectivity index (χ4n) is 8.20. The molecular weight excluding hydrogens is 916 g/mol. The number of para-hydroxylation sites is 3. The number of imidazole rings is 1. The van der Waals surface area contributed by atoms with E-state index in [1.165, 1.54) is 27.5 Å². The second-order valence-electron chi connectivity index (χ2n) is 19.0. The normalized spacial score (nSPS) is 12.3. The number of rotatable bonds is 5. The average Bonchev–Trinajstić information content (AvgIpc) is 3.79. The molecule has 9 rings (SSSR count). The SMILES string of the molecule is CC(C)(C)c1cc(-c2cc(-c3cccc4[nH]c5ccccc5c34)ccn2)[c-]c(-c2cccc3c2nc(-c2ccccc2O)n3-c2cc(C(C)(C)C)cc(C(C)(C)C)c2)c1.[Pt]. The van der Waals surface area contributed by atoms with Gasteiger partial charge in [-0.2, -0.15) is 0 Å². The van der Waals surface area contributed by atoms with Crippen molar-refractivity contribution in [1.29, 1.82) is 0 Å². The van der Waals surface area contributed by atoms with Crippen LogP contribution in [0, 0.1) is 6.07 Å². The van der Waals surface area contributed by atoms with Gasteiger partial charge < -0.3 is 10.1 Å². The van der Waals surface area contributed by atoms with Crippen molar-refractivity contribution < 1.29 is 26.2 Å². The van der Waals surface area contributed by atoms with Crippen LogP contribution in [0.4, 0.5) is 0 Å². The first kappa shape index (κ1) is 41.0. The second-order valence-corrected chi connectivity index (χ2v) is 19.0. The van der Waals surface area contributed by atoms with E-state index >= 15 is 0 Å². The molecule has 6 heteroatoms. The smallest absolute Gasteiger partial charge is 0.148 e. The van der Waals surface area contributed by atoms with Gasteiger partial charge >= 0.3 is 0 Å². The summed E-state index contributed by atoms with van der Waals surface area (Å²) in [5.41, 5.74) is 15.0. The molecule has 0 aliphatic rings. The molecule has 0 atom stereocenters. The number of aromatic hydroxyl groups is 1. The minimum Gasteiger partial charge on any atom is -0.507 e. The Kier molecular flexibility index (Phi) is 10.3. The molecule has 0 aliphatic heterocycles. The quantitative estimate of drug-likeness (QED) is 0.169. The molecule has 6 aromatic carbocycles. The average molecular weight is 967 g/mol. The summed E-state index contributed by atoms with van der Waals surface area (Å²) in [6.45, 7) is 20.3. The fraction of sp³-hybridized carbons (Fsp3) is 0.222. The Morgan fingerprint density at radius 2 is 1.18 bits per heavy atom. The number of benzene rings is 6. The third-order valence-electron chi connectivity index (χ3n) is 11.6. The number of nitrogens with one attached hydrogen (secondary N) is 1. The van der Waals surface area contributed by atoms with Crippen LogP contribution in [0.1, 0.15) is 79.0 Å². The van der Waals surface area contributed by atoms with Crippen LogP contribution in [0.2, 0.25) is 0 Å². The summed E-state index contributed by atoms with van der Waals surface area (Å²) in [6, 6.07) is 48.4. The van der Waals surface area contributed by atoms with Gasteiger partial charge in [-0.25, -0.2) is 4.98 Å². The zero-order chi connectivity index (χ0) is 41.4. The number of hydrogen-bond donors (Lipinski definition) is 2. The van der Waals surface area contributed by atoms with Crippen LogP contribution in [-0.2, 0) is 37.3 Å². The Balaban J connectivity index is 0.00000499. The maximum absolute atomic E-state index is 11.3. The largest absolute Gasteiger partial charge is 0.507 e. The molecule has 0 aliphatic carbocycles. The Morgan fingerprint density at radius 3 is 1.90 bits per heavy atom. The zero-order valence-corrected chi connectivity index (χ0v) is 38.1. The molecule has 60 heavy (non-hydrogen) atoms. The number of phenolic OH excluding ortho intramolecular Hbond substituents is 1. The van der Waals surface area contributed by atoms with Crippen LogP contribution < -0.4 is 0 Å². The van der Waals surface area contributed by atoms with Crippen molar-refractivity contribution in [3.05, 3.63) is 156 Å². The Morgan fingerprint density at radius 1 is 0.583 bits per heavy atom. The first-order valence-corrected chi connectivity index (χ1v) is 20.6. The molecule has 0 spiro atoms. The number of H-pyrrole nitrogens is 1. The number of hydrogen-bond acceptors (Lipinski definition) is 3.